The number of carbonyl (C=O) groups is 1. The Bertz CT molecular complexity index is 918. The zero-order chi connectivity index (χ0) is 18.0. The van der Waals surface area contributed by atoms with Gasteiger partial charge in [0, 0.05) is 16.6 Å². The first kappa shape index (κ1) is 17.2. The number of carbonyl (C=O) groups excluding carboxylic acids is 1. The largest absolute Gasteiger partial charge is 0.416 e. The highest BCUT2D eigenvalue weighted by molar-refractivity contribution is 7.13. The fourth-order valence-electron chi connectivity index (χ4n) is 2.24. The van der Waals surface area contributed by atoms with Gasteiger partial charge in [0.05, 0.1) is 5.56 Å². The summed E-state index contributed by atoms with van der Waals surface area (Å²) in [7, 11) is 0. The summed E-state index contributed by atoms with van der Waals surface area (Å²) in [6.07, 6.45) is -4.42. The third-order valence-electron chi connectivity index (χ3n) is 3.57. The number of rotatable bonds is 3. The zero-order valence-electron chi connectivity index (χ0n) is 13.1. The Morgan fingerprint density at radius 3 is 2.60 bits per heavy atom. The van der Waals surface area contributed by atoms with Crippen molar-refractivity contribution in [3.8, 4) is 10.6 Å². The molecule has 0 aliphatic heterocycles. The lowest BCUT2D eigenvalue weighted by Crippen LogP contribution is -2.13. The van der Waals surface area contributed by atoms with Gasteiger partial charge in [-0.25, -0.2) is 4.98 Å². The molecule has 25 heavy (non-hydrogen) atoms. The second-order valence-electron chi connectivity index (χ2n) is 5.39. The maximum Gasteiger partial charge on any atom is 0.416 e. The number of alkyl halides is 3. The van der Waals surface area contributed by atoms with Crippen LogP contribution in [0.5, 0.6) is 0 Å². The van der Waals surface area contributed by atoms with Crippen molar-refractivity contribution < 1.29 is 18.0 Å². The van der Waals surface area contributed by atoms with Crippen LogP contribution in [-0.2, 0) is 6.18 Å². The summed E-state index contributed by atoms with van der Waals surface area (Å²) in [5, 5.41) is 4.65. The van der Waals surface area contributed by atoms with E-state index in [1.54, 1.807) is 12.1 Å². The van der Waals surface area contributed by atoms with Crippen LogP contribution in [0.3, 0.4) is 0 Å². The second kappa shape index (κ2) is 6.68. The van der Waals surface area contributed by atoms with Crippen LogP contribution in [0.15, 0.2) is 53.9 Å². The minimum atomic E-state index is -4.42. The van der Waals surface area contributed by atoms with Crippen LogP contribution >= 0.6 is 11.3 Å². The summed E-state index contributed by atoms with van der Waals surface area (Å²) < 4.78 is 38.4. The van der Waals surface area contributed by atoms with E-state index in [0.717, 1.165) is 29.0 Å². The van der Waals surface area contributed by atoms with Gasteiger partial charge in [0.25, 0.3) is 5.91 Å². The minimum absolute atomic E-state index is 0.167. The first-order valence-corrected chi connectivity index (χ1v) is 8.23. The maximum absolute atomic E-state index is 12.8. The lowest BCUT2D eigenvalue weighted by Gasteiger charge is -2.07. The fraction of sp³-hybridized carbons (Fsp3) is 0.111. The van der Waals surface area contributed by atoms with Crippen molar-refractivity contribution in [3.05, 3.63) is 70.7 Å². The van der Waals surface area contributed by atoms with Crippen LogP contribution in [0.2, 0.25) is 0 Å². The number of para-hydroxylation sites is 1. The van der Waals surface area contributed by atoms with E-state index >= 15 is 0 Å². The molecule has 3 rings (SSSR count). The lowest BCUT2D eigenvalue weighted by atomic mass is 10.1. The van der Waals surface area contributed by atoms with Crippen molar-refractivity contribution >= 4 is 22.9 Å². The van der Waals surface area contributed by atoms with Gasteiger partial charge in [-0.3, -0.25) is 4.79 Å². The van der Waals surface area contributed by atoms with Crippen LogP contribution in [0.25, 0.3) is 10.6 Å². The Labute approximate surface area is 146 Å². The molecule has 3 aromatic rings. The van der Waals surface area contributed by atoms with E-state index in [9.17, 15) is 18.0 Å². The van der Waals surface area contributed by atoms with Crippen molar-refractivity contribution in [2.75, 3.05) is 5.32 Å². The van der Waals surface area contributed by atoms with Crippen molar-refractivity contribution in [1.29, 1.82) is 0 Å². The van der Waals surface area contributed by atoms with E-state index < -0.39 is 17.6 Å². The SMILES string of the molecule is Cc1ccccc1NC(=O)c1csc(-c2cccc(C(F)(F)F)c2)n1. The third kappa shape index (κ3) is 3.88. The molecule has 0 radical (unpaired) electrons. The van der Waals surface area contributed by atoms with Crippen molar-refractivity contribution in [2.45, 2.75) is 13.1 Å². The number of hydrogen-bond donors (Lipinski definition) is 1. The molecule has 0 bridgehead atoms. The van der Waals surface area contributed by atoms with E-state index in [-0.39, 0.29) is 5.69 Å². The van der Waals surface area contributed by atoms with E-state index in [0.29, 0.717) is 16.3 Å². The van der Waals surface area contributed by atoms with Gasteiger partial charge >= 0.3 is 6.18 Å². The molecule has 7 heteroatoms. The molecule has 1 amide bonds. The molecule has 1 heterocycles. The number of hydrogen-bond acceptors (Lipinski definition) is 3. The minimum Gasteiger partial charge on any atom is -0.320 e. The molecule has 0 aliphatic carbocycles. The van der Waals surface area contributed by atoms with Crippen LogP contribution < -0.4 is 5.32 Å². The van der Waals surface area contributed by atoms with Crippen molar-refractivity contribution in [1.82, 2.24) is 4.98 Å². The summed E-state index contributed by atoms with van der Waals surface area (Å²) in [5.41, 5.74) is 1.33. The van der Waals surface area contributed by atoms with Crippen LogP contribution in [-0.4, -0.2) is 10.9 Å². The molecule has 1 N–H and O–H groups in total. The maximum atomic E-state index is 12.8. The molecule has 128 valence electrons. The predicted octanol–water partition coefficient (Wildman–Crippen LogP) is 5.39. The van der Waals surface area contributed by atoms with Crippen LogP contribution in [0.1, 0.15) is 21.6 Å². The third-order valence-corrected chi connectivity index (χ3v) is 4.46. The number of nitrogens with zero attached hydrogens (tertiary/aromatic N) is 1. The summed E-state index contributed by atoms with van der Waals surface area (Å²) in [4.78, 5) is 16.5. The summed E-state index contributed by atoms with van der Waals surface area (Å²) >= 11 is 1.13. The van der Waals surface area contributed by atoms with Gasteiger partial charge in [-0.05, 0) is 30.7 Å². The Hall–Kier alpha value is -2.67. The molecule has 2 aromatic carbocycles. The number of aryl methyl sites for hydroxylation is 1. The van der Waals surface area contributed by atoms with Crippen LogP contribution in [0, 0.1) is 6.92 Å². The van der Waals surface area contributed by atoms with E-state index in [1.165, 1.54) is 17.5 Å². The molecule has 0 spiro atoms. The molecule has 0 unspecified atom stereocenters. The van der Waals surface area contributed by atoms with Gasteiger partial charge < -0.3 is 5.32 Å². The Kier molecular flexibility index (Phi) is 4.59. The fourth-order valence-corrected chi connectivity index (χ4v) is 3.04. The highest BCUT2D eigenvalue weighted by Crippen LogP contribution is 2.33. The highest BCUT2D eigenvalue weighted by atomic mass is 32.1. The van der Waals surface area contributed by atoms with E-state index in [4.69, 9.17) is 0 Å². The molecular weight excluding hydrogens is 349 g/mol. The summed E-state index contributed by atoms with van der Waals surface area (Å²) in [6, 6.07) is 12.2. The Morgan fingerprint density at radius 2 is 1.88 bits per heavy atom. The van der Waals surface area contributed by atoms with Gasteiger partial charge in [0.15, 0.2) is 0 Å². The number of thiazole rings is 1. The first-order chi connectivity index (χ1) is 11.8. The number of benzene rings is 2. The Balaban J connectivity index is 1.83. The quantitative estimate of drug-likeness (QED) is 0.679. The van der Waals surface area contributed by atoms with Gasteiger partial charge in [0.2, 0.25) is 0 Å². The number of amides is 1. The molecule has 0 fully saturated rings. The van der Waals surface area contributed by atoms with Gasteiger partial charge in [-0.15, -0.1) is 11.3 Å². The predicted molar refractivity (Wildman–Crippen MR) is 91.7 cm³/mol. The normalized spacial score (nSPS) is 11.4. The number of aromatic nitrogens is 1. The lowest BCUT2D eigenvalue weighted by molar-refractivity contribution is -0.137. The average Bonchev–Trinajstić information content (AvgIpc) is 3.06. The van der Waals surface area contributed by atoms with Gasteiger partial charge in [-0.1, -0.05) is 30.3 Å². The van der Waals surface area contributed by atoms with Crippen LogP contribution in [0.4, 0.5) is 18.9 Å². The summed E-state index contributed by atoms with van der Waals surface area (Å²) in [5.74, 6) is -0.399. The number of halogens is 3. The standard InChI is InChI=1S/C18H13F3N2OS/c1-11-5-2-3-8-14(11)22-16(24)15-10-25-17(23-15)12-6-4-7-13(9-12)18(19,20)21/h2-10H,1H3,(H,22,24). The molecule has 3 nitrogen and oxygen atoms in total. The average molecular weight is 362 g/mol. The Morgan fingerprint density at radius 1 is 1.12 bits per heavy atom. The molecule has 0 atom stereocenters. The molecule has 0 saturated heterocycles. The monoisotopic (exact) mass is 362 g/mol. The topological polar surface area (TPSA) is 42.0 Å². The number of anilines is 1. The molecular formula is C18H13F3N2OS. The highest BCUT2D eigenvalue weighted by Gasteiger charge is 2.30. The number of nitrogens with one attached hydrogen (secondary N) is 1. The molecule has 1 aromatic heterocycles. The van der Waals surface area contributed by atoms with Gasteiger partial charge in [0.1, 0.15) is 10.7 Å². The smallest absolute Gasteiger partial charge is 0.320 e. The summed E-state index contributed by atoms with van der Waals surface area (Å²) in [6.45, 7) is 1.87. The van der Waals surface area contributed by atoms with Gasteiger partial charge in [-0.2, -0.15) is 13.2 Å². The van der Waals surface area contributed by atoms with E-state index in [2.05, 4.69) is 10.3 Å². The van der Waals surface area contributed by atoms with Crippen molar-refractivity contribution in [2.24, 2.45) is 0 Å². The van der Waals surface area contributed by atoms with Crippen molar-refractivity contribution in [3.63, 3.8) is 0 Å². The van der Waals surface area contributed by atoms with E-state index in [1.807, 2.05) is 19.1 Å². The molecule has 0 saturated carbocycles. The first-order valence-electron chi connectivity index (χ1n) is 7.35. The zero-order valence-corrected chi connectivity index (χ0v) is 13.9. The second-order valence-corrected chi connectivity index (χ2v) is 6.24. The molecule has 0 aliphatic rings.